The van der Waals surface area contributed by atoms with Crippen molar-refractivity contribution in [3.05, 3.63) is 29.8 Å². The molecule has 1 aromatic rings. The lowest BCUT2D eigenvalue weighted by Gasteiger charge is -2.13. The standard InChI is InChI=1S/C11H13NO3/c1-15-11(14)6-9(7-12)8-2-4-10(13)5-3-8/h2-5,9,11,13-14H,6H2,1H3. The Morgan fingerprint density at radius 2 is 2.00 bits per heavy atom. The first-order chi connectivity index (χ1) is 7.17. The highest BCUT2D eigenvalue weighted by Crippen LogP contribution is 2.22. The van der Waals surface area contributed by atoms with Gasteiger partial charge in [-0.25, -0.2) is 0 Å². The Kier molecular flexibility index (Phi) is 4.10. The van der Waals surface area contributed by atoms with E-state index in [-0.39, 0.29) is 12.2 Å². The highest BCUT2D eigenvalue weighted by molar-refractivity contribution is 5.31. The van der Waals surface area contributed by atoms with E-state index < -0.39 is 12.2 Å². The number of hydrogen-bond donors (Lipinski definition) is 2. The molecule has 0 saturated carbocycles. The number of benzene rings is 1. The highest BCUT2D eigenvalue weighted by atomic mass is 16.6. The minimum absolute atomic E-state index is 0.155. The molecular formula is C11H13NO3. The Bertz CT molecular complexity index is 342. The molecule has 0 aliphatic rings. The Morgan fingerprint density at radius 3 is 2.47 bits per heavy atom. The van der Waals surface area contributed by atoms with Crippen LogP contribution in [0, 0.1) is 11.3 Å². The summed E-state index contributed by atoms with van der Waals surface area (Å²) in [5.74, 6) is -0.275. The van der Waals surface area contributed by atoms with Crippen molar-refractivity contribution < 1.29 is 14.9 Å². The molecule has 0 amide bonds. The molecule has 2 unspecified atom stereocenters. The molecule has 4 heteroatoms. The maximum atomic E-state index is 9.25. The molecule has 2 atom stereocenters. The van der Waals surface area contributed by atoms with Crippen molar-refractivity contribution in [3.8, 4) is 11.8 Å². The van der Waals surface area contributed by atoms with Gasteiger partial charge >= 0.3 is 0 Å². The van der Waals surface area contributed by atoms with E-state index in [0.717, 1.165) is 5.56 Å². The van der Waals surface area contributed by atoms with Crippen LogP contribution in [0.5, 0.6) is 5.75 Å². The normalized spacial score (nSPS) is 14.2. The summed E-state index contributed by atoms with van der Waals surface area (Å²) in [5.41, 5.74) is 0.756. The fourth-order valence-corrected chi connectivity index (χ4v) is 1.27. The van der Waals surface area contributed by atoms with Gasteiger partial charge in [0.1, 0.15) is 5.75 Å². The summed E-state index contributed by atoms with van der Waals surface area (Å²) < 4.78 is 4.68. The van der Waals surface area contributed by atoms with E-state index in [4.69, 9.17) is 10.4 Å². The zero-order valence-corrected chi connectivity index (χ0v) is 8.42. The van der Waals surface area contributed by atoms with Crippen molar-refractivity contribution in [2.24, 2.45) is 0 Å². The summed E-state index contributed by atoms with van der Waals surface area (Å²) in [4.78, 5) is 0. The predicted molar refractivity (Wildman–Crippen MR) is 54.1 cm³/mol. The fraction of sp³-hybridized carbons (Fsp3) is 0.364. The van der Waals surface area contributed by atoms with Crippen LogP contribution in [0.15, 0.2) is 24.3 Å². The van der Waals surface area contributed by atoms with Crippen molar-refractivity contribution >= 4 is 0 Å². The van der Waals surface area contributed by atoms with E-state index in [9.17, 15) is 5.11 Å². The summed E-state index contributed by atoms with van der Waals surface area (Å²) in [6.45, 7) is 0. The average molecular weight is 207 g/mol. The molecule has 0 aromatic heterocycles. The van der Waals surface area contributed by atoms with Crippen LogP contribution in [0.2, 0.25) is 0 Å². The lowest BCUT2D eigenvalue weighted by molar-refractivity contribution is -0.0796. The SMILES string of the molecule is COC(O)CC(C#N)c1ccc(O)cc1. The molecule has 0 fully saturated rings. The minimum atomic E-state index is -0.941. The number of aliphatic hydroxyl groups excluding tert-OH is 1. The molecule has 0 spiro atoms. The van der Waals surface area contributed by atoms with Crippen LogP contribution >= 0.6 is 0 Å². The van der Waals surface area contributed by atoms with Gasteiger partial charge in [0.05, 0.1) is 12.0 Å². The van der Waals surface area contributed by atoms with Gasteiger partial charge in [0.15, 0.2) is 6.29 Å². The van der Waals surface area contributed by atoms with Gasteiger partial charge in [0, 0.05) is 13.5 Å². The Balaban J connectivity index is 2.75. The third kappa shape index (κ3) is 3.24. The molecule has 0 aliphatic heterocycles. The smallest absolute Gasteiger partial charge is 0.155 e. The Morgan fingerprint density at radius 1 is 1.40 bits per heavy atom. The van der Waals surface area contributed by atoms with Crippen molar-refractivity contribution in [1.29, 1.82) is 5.26 Å². The molecule has 0 heterocycles. The molecule has 4 nitrogen and oxygen atoms in total. The third-order valence-corrected chi connectivity index (χ3v) is 2.16. The van der Waals surface area contributed by atoms with Crippen LogP contribution in [0.4, 0.5) is 0 Å². The summed E-state index contributed by atoms with van der Waals surface area (Å²) in [6, 6.07) is 8.42. The van der Waals surface area contributed by atoms with Gasteiger partial charge in [-0.15, -0.1) is 0 Å². The number of nitrogens with zero attached hydrogens (tertiary/aromatic N) is 1. The summed E-state index contributed by atoms with van der Waals surface area (Å²) in [5, 5.41) is 27.2. The molecule has 2 N–H and O–H groups in total. The van der Waals surface area contributed by atoms with Crippen LogP contribution in [-0.2, 0) is 4.74 Å². The van der Waals surface area contributed by atoms with Crippen molar-refractivity contribution in [2.75, 3.05) is 7.11 Å². The van der Waals surface area contributed by atoms with Gasteiger partial charge in [0.25, 0.3) is 0 Å². The lowest BCUT2D eigenvalue weighted by Crippen LogP contribution is -2.13. The number of hydrogen-bond acceptors (Lipinski definition) is 4. The zero-order chi connectivity index (χ0) is 11.3. The number of rotatable bonds is 4. The molecule has 15 heavy (non-hydrogen) atoms. The summed E-state index contributed by atoms with van der Waals surface area (Å²) in [7, 11) is 1.38. The van der Waals surface area contributed by atoms with E-state index in [1.54, 1.807) is 12.1 Å². The average Bonchev–Trinajstić information content (AvgIpc) is 2.27. The molecule has 1 rings (SSSR count). The molecule has 0 bridgehead atoms. The molecule has 0 aliphatic carbocycles. The summed E-state index contributed by atoms with van der Waals surface area (Å²) >= 11 is 0. The number of methoxy groups -OCH3 is 1. The van der Waals surface area contributed by atoms with Gasteiger partial charge in [-0.2, -0.15) is 5.26 Å². The second kappa shape index (κ2) is 5.35. The zero-order valence-electron chi connectivity index (χ0n) is 8.42. The molecule has 80 valence electrons. The largest absolute Gasteiger partial charge is 0.508 e. The van der Waals surface area contributed by atoms with Crippen LogP contribution in [0.25, 0.3) is 0 Å². The lowest BCUT2D eigenvalue weighted by atomic mass is 9.97. The quantitative estimate of drug-likeness (QED) is 0.731. The van der Waals surface area contributed by atoms with Crippen LogP contribution in [0.3, 0.4) is 0 Å². The molecule has 0 saturated heterocycles. The van der Waals surface area contributed by atoms with Gasteiger partial charge in [-0.1, -0.05) is 12.1 Å². The topological polar surface area (TPSA) is 73.5 Å². The number of phenols is 1. The van der Waals surface area contributed by atoms with Crippen LogP contribution in [0.1, 0.15) is 17.9 Å². The maximum Gasteiger partial charge on any atom is 0.155 e. The van der Waals surface area contributed by atoms with E-state index >= 15 is 0 Å². The van der Waals surface area contributed by atoms with Gasteiger partial charge < -0.3 is 14.9 Å². The fourth-order valence-electron chi connectivity index (χ4n) is 1.27. The minimum Gasteiger partial charge on any atom is -0.508 e. The van der Waals surface area contributed by atoms with E-state index in [1.165, 1.54) is 19.2 Å². The number of phenolic OH excluding ortho intramolecular Hbond substituents is 1. The van der Waals surface area contributed by atoms with Crippen molar-refractivity contribution in [3.63, 3.8) is 0 Å². The number of ether oxygens (including phenoxy) is 1. The van der Waals surface area contributed by atoms with E-state index in [1.807, 2.05) is 0 Å². The third-order valence-electron chi connectivity index (χ3n) is 2.16. The first kappa shape index (κ1) is 11.5. The molecule has 1 aromatic carbocycles. The summed E-state index contributed by atoms with van der Waals surface area (Å²) in [6.07, 6.45) is -0.721. The predicted octanol–water partition coefficient (Wildman–Crippen LogP) is 1.35. The molecule has 0 radical (unpaired) electrons. The number of aliphatic hydroxyl groups is 1. The maximum absolute atomic E-state index is 9.25. The first-order valence-corrected chi connectivity index (χ1v) is 4.56. The van der Waals surface area contributed by atoms with E-state index in [0.29, 0.717) is 0 Å². The second-order valence-corrected chi connectivity index (χ2v) is 3.20. The van der Waals surface area contributed by atoms with Crippen LogP contribution < -0.4 is 0 Å². The van der Waals surface area contributed by atoms with E-state index in [2.05, 4.69) is 10.8 Å². The number of nitriles is 1. The highest BCUT2D eigenvalue weighted by Gasteiger charge is 2.15. The molecular weight excluding hydrogens is 194 g/mol. The van der Waals surface area contributed by atoms with Crippen LogP contribution in [-0.4, -0.2) is 23.6 Å². The van der Waals surface area contributed by atoms with Gasteiger partial charge in [-0.05, 0) is 17.7 Å². The Labute approximate surface area is 88.4 Å². The van der Waals surface area contributed by atoms with Gasteiger partial charge in [-0.3, -0.25) is 0 Å². The van der Waals surface area contributed by atoms with Crippen molar-refractivity contribution in [2.45, 2.75) is 18.6 Å². The monoisotopic (exact) mass is 207 g/mol. The second-order valence-electron chi connectivity index (χ2n) is 3.20. The van der Waals surface area contributed by atoms with Gasteiger partial charge in [0.2, 0.25) is 0 Å². The first-order valence-electron chi connectivity index (χ1n) is 4.56. The number of aromatic hydroxyl groups is 1. The van der Waals surface area contributed by atoms with Crippen molar-refractivity contribution in [1.82, 2.24) is 0 Å². The Hall–Kier alpha value is -1.57.